The smallest absolute Gasteiger partial charge is 0.0542 e. The summed E-state index contributed by atoms with van der Waals surface area (Å²) < 4.78 is 9.60. The third kappa shape index (κ3) is 12.2. The molecule has 0 bridgehead atoms. The highest BCUT2D eigenvalue weighted by atomic mass is 15.2. The molecular formula is C135H104N8. The summed E-state index contributed by atoms with van der Waals surface area (Å²) in [5, 5.41) is 9.97. The second-order valence-electron chi connectivity index (χ2n) is 42.4. The molecule has 20 aromatic carbocycles. The summed E-state index contributed by atoms with van der Waals surface area (Å²) in [5.74, 6) is 0. The van der Waals surface area contributed by atoms with E-state index in [-0.39, 0.29) is 27.1 Å². The summed E-state index contributed by atoms with van der Waals surface area (Å²) in [7, 11) is 0. The van der Waals surface area contributed by atoms with Crippen LogP contribution in [0.25, 0.3) is 132 Å². The molecule has 0 amide bonds. The van der Waals surface area contributed by atoms with Crippen molar-refractivity contribution >= 4 is 155 Å². The number of nitrogens with zero attached hydrogens (tertiary/aromatic N) is 8. The summed E-state index contributed by atoms with van der Waals surface area (Å²) in [5.41, 5.74) is 45.8. The molecule has 0 saturated heterocycles. The van der Waals surface area contributed by atoms with Crippen LogP contribution in [0.2, 0.25) is 0 Å². The Hall–Kier alpha value is -17.2. The SMILES string of the molecule is CC1(C)c2cc3c(cc2-c2cc4c(cc21)N(c1ccc2c(c1)c1ccccc1n2-c1ccccc1)c1ccccc1C4(C)C)C(C)(C)c1ccccc1N3c1ccc2c(c1)c1ccccc1n2-c1ccccc1.CC1(C)c2ccccc2N(c2ccc3c(c2)c2ccccc2n3-c2ccccc2)c2ccc(-c3ccc4c(c3)C(C)(C)c3ccccc3N4c3ccc4c(c3)c3ccccc3n4-c3ccccc3)cc21. The van der Waals surface area contributed by atoms with Crippen molar-refractivity contribution in [3.63, 3.8) is 0 Å². The minimum absolute atomic E-state index is 0.253. The maximum absolute atomic E-state index is 2.57. The van der Waals surface area contributed by atoms with Crippen molar-refractivity contribution in [3.8, 4) is 45.0 Å². The Morgan fingerprint density at radius 2 is 0.343 bits per heavy atom. The van der Waals surface area contributed by atoms with Gasteiger partial charge in [-0.1, -0.05) is 300 Å². The first kappa shape index (κ1) is 83.9. The average molecular weight is 1840 g/mol. The molecule has 0 radical (unpaired) electrons. The summed E-state index contributed by atoms with van der Waals surface area (Å²) in [4.78, 5) is 10.1. The first-order valence-electron chi connectivity index (χ1n) is 50.4. The van der Waals surface area contributed by atoms with E-state index in [1.807, 2.05) is 0 Å². The fraction of sp³-hybridized carbons (Fsp3) is 0.111. The minimum atomic E-state index is -0.297. The van der Waals surface area contributed by atoms with Crippen molar-refractivity contribution in [2.75, 3.05) is 19.6 Å². The van der Waals surface area contributed by atoms with E-state index >= 15 is 0 Å². The molecule has 0 spiro atoms. The van der Waals surface area contributed by atoms with Crippen LogP contribution in [0, 0.1) is 0 Å². The van der Waals surface area contributed by atoms with Crippen molar-refractivity contribution in [2.45, 2.75) is 96.3 Å². The normalized spacial score (nSPS) is 15.0. The Kier molecular flexibility index (Phi) is 18.1. The zero-order valence-electron chi connectivity index (χ0n) is 81.8. The highest BCUT2D eigenvalue weighted by molar-refractivity contribution is 6.16. The Labute approximate surface area is 833 Å². The van der Waals surface area contributed by atoms with E-state index in [9.17, 15) is 0 Å². The summed E-state index contributed by atoms with van der Waals surface area (Å²) >= 11 is 0. The van der Waals surface area contributed by atoms with Gasteiger partial charge in [-0.3, -0.25) is 0 Å². The summed E-state index contributed by atoms with van der Waals surface area (Å²) in [6, 6.07) is 167. The van der Waals surface area contributed by atoms with Crippen molar-refractivity contribution in [2.24, 2.45) is 0 Å². The number of benzene rings is 20. The van der Waals surface area contributed by atoms with Crippen molar-refractivity contribution in [3.05, 3.63) is 505 Å². The molecule has 4 aromatic heterocycles. The molecular weight excluding hydrogens is 1730 g/mol. The van der Waals surface area contributed by atoms with Crippen LogP contribution in [0.1, 0.15) is 125 Å². The van der Waals surface area contributed by atoms with Crippen LogP contribution in [-0.4, -0.2) is 18.3 Å². The van der Waals surface area contributed by atoms with Gasteiger partial charge in [0.15, 0.2) is 0 Å². The van der Waals surface area contributed by atoms with E-state index in [2.05, 4.69) is 556 Å². The van der Waals surface area contributed by atoms with E-state index < -0.39 is 0 Å². The van der Waals surface area contributed by atoms with Gasteiger partial charge in [-0.15, -0.1) is 0 Å². The van der Waals surface area contributed by atoms with Crippen LogP contribution in [0.15, 0.2) is 449 Å². The second-order valence-corrected chi connectivity index (χ2v) is 42.4. The number of aromatic nitrogens is 4. The largest absolute Gasteiger partial charge is 0.310 e. The molecule has 143 heavy (non-hydrogen) atoms. The van der Waals surface area contributed by atoms with Gasteiger partial charge >= 0.3 is 0 Å². The van der Waals surface area contributed by atoms with Gasteiger partial charge in [0.05, 0.1) is 89.6 Å². The van der Waals surface area contributed by atoms with E-state index in [1.54, 1.807) is 0 Å². The first-order valence-corrected chi connectivity index (χ1v) is 50.4. The highest BCUT2D eigenvalue weighted by Gasteiger charge is 2.47. The van der Waals surface area contributed by atoms with Gasteiger partial charge in [0.2, 0.25) is 0 Å². The van der Waals surface area contributed by atoms with Gasteiger partial charge in [0.1, 0.15) is 0 Å². The van der Waals surface area contributed by atoms with E-state index in [4.69, 9.17) is 0 Å². The molecule has 8 heteroatoms. The molecule has 0 fully saturated rings. The van der Waals surface area contributed by atoms with Crippen molar-refractivity contribution in [1.29, 1.82) is 0 Å². The van der Waals surface area contributed by atoms with E-state index in [0.717, 1.165) is 34.1 Å². The molecule has 0 unspecified atom stereocenters. The number of hydrogen-bond donors (Lipinski definition) is 0. The lowest BCUT2D eigenvalue weighted by molar-refractivity contribution is 0.624. The fourth-order valence-corrected chi connectivity index (χ4v) is 25.8. The maximum atomic E-state index is 2.57. The third-order valence-electron chi connectivity index (χ3n) is 32.9. The third-order valence-corrected chi connectivity index (χ3v) is 32.9. The quantitative estimate of drug-likeness (QED) is 0.144. The first-order chi connectivity index (χ1) is 69.7. The predicted molar refractivity (Wildman–Crippen MR) is 600 cm³/mol. The number of hydrogen-bond acceptors (Lipinski definition) is 4. The monoisotopic (exact) mass is 1840 g/mol. The topological polar surface area (TPSA) is 32.7 Å². The molecule has 0 N–H and O–H groups in total. The Morgan fingerprint density at radius 3 is 0.615 bits per heavy atom. The predicted octanol–water partition coefficient (Wildman–Crippen LogP) is 36.2. The van der Waals surface area contributed by atoms with Crippen LogP contribution in [-0.2, 0) is 27.1 Å². The number of anilines is 12. The zero-order chi connectivity index (χ0) is 96.0. The Balaban J connectivity index is 0.000000140. The van der Waals surface area contributed by atoms with Crippen molar-refractivity contribution in [1.82, 2.24) is 18.3 Å². The highest BCUT2D eigenvalue weighted by Crippen LogP contribution is 2.64. The molecule has 1 aliphatic carbocycles. The van der Waals surface area contributed by atoms with Crippen LogP contribution >= 0.6 is 0 Å². The van der Waals surface area contributed by atoms with E-state index in [1.165, 1.54) is 222 Å². The molecule has 29 rings (SSSR count). The number of rotatable bonds is 9. The van der Waals surface area contributed by atoms with Crippen LogP contribution < -0.4 is 19.6 Å². The maximum Gasteiger partial charge on any atom is 0.0542 e. The molecule has 8 heterocycles. The van der Waals surface area contributed by atoms with Gasteiger partial charge < -0.3 is 37.9 Å². The van der Waals surface area contributed by atoms with E-state index in [0.29, 0.717) is 0 Å². The Morgan fingerprint density at radius 1 is 0.133 bits per heavy atom. The summed E-state index contributed by atoms with van der Waals surface area (Å²) in [6.07, 6.45) is 0. The molecule has 4 aliphatic heterocycles. The molecule has 0 atom stereocenters. The van der Waals surface area contributed by atoms with Gasteiger partial charge in [0.25, 0.3) is 0 Å². The van der Waals surface area contributed by atoms with Crippen LogP contribution in [0.5, 0.6) is 0 Å². The average Bonchev–Trinajstić information content (AvgIpc) is 1.56. The minimum Gasteiger partial charge on any atom is -0.310 e. The lowest BCUT2D eigenvalue weighted by Gasteiger charge is -2.43. The lowest BCUT2D eigenvalue weighted by atomic mass is 9.71. The Bertz CT molecular complexity index is 8920. The number of fused-ring (bicyclic) bond motifs is 23. The second kappa shape index (κ2) is 30.9. The molecule has 5 aliphatic rings. The molecule has 0 saturated carbocycles. The van der Waals surface area contributed by atoms with Crippen LogP contribution in [0.3, 0.4) is 0 Å². The lowest BCUT2D eigenvalue weighted by Crippen LogP contribution is -2.31. The van der Waals surface area contributed by atoms with Crippen LogP contribution in [0.4, 0.5) is 68.2 Å². The summed E-state index contributed by atoms with van der Waals surface area (Å²) in [6.45, 7) is 24.1. The van der Waals surface area contributed by atoms with Gasteiger partial charge in [-0.2, -0.15) is 0 Å². The van der Waals surface area contributed by atoms with Crippen molar-refractivity contribution < 1.29 is 0 Å². The fourth-order valence-electron chi connectivity index (χ4n) is 25.8. The van der Waals surface area contributed by atoms with Gasteiger partial charge in [-0.25, -0.2) is 0 Å². The van der Waals surface area contributed by atoms with Gasteiger partial charge in [0, 0.05) is 116 Å². The zero-order valence-corrected chi connectivity index (χ0v) is 81.8. The number of para-hydroxylation sites is 12. The molecule has 24 aromatic rings. The van der Waals surface area contributed by atoms with Gasteiger partial charge in [-0.05, 0) is 296 Å². The molecule has 8 nitrogen and oxygen atoms in total. The molecule has 684 valence electrons. The standard InChI is InChI=1S/C69H54N4.C66H50N4/c1-67(2)53-27-15-19-31-63(53)72(45-33-35-61-51(37-45)47-25-13-17-29-59(47)70(61)43-21-9-7-10-22-43)65-41-55-49(39-57(65)67)50-40-58-66(42-56(50)69(55,5)6)73(64-32-20-16-28-54(64)68(58,3)4)46-34-36-62-52(38-46)48-26-14-18-30-60(48)71(62)44-23-11-8-12-24-44;1-65(2)53-25-13-17-29-61(53)69(47-33-37-59-51(41-47)49-23-11-15-27-57(49)67(59)45-19-7-5-8-20-45)63-35-31-43(39-55(63)65)44-32-36-64-56(40-44)66(3,4)54-26-14-18-30-62(54)70(64)48-34-38-60-52(42-48)50-24-12-16-28-58(50)68(60)46-21-9-6-10-22-46/h7-42H,1-6H3;5-42H,1-4H3.